The fourth-order valence-corrected chi connectivity index (χ4v) is 1.94. The monoisotopic (exact) mass is 293 g/mol. The molecule has 2 rings (SSSR count). The van der Waals surface area contributed by atoms with Gasteiger partial charge in [-0.2, -0.15) is 0 Å². The average Bonchev–Trinajstić information content (AvgIpc) is 3.04. The van der Waals surface area contributed by atoms with Crippen LogP contribution in [0, 0.1) is 0 Å². The molecule has 8 heteroatoms. The fourth-order valence-electron chi connectivity index (χ4n) is 1.94. The Balaban J connectivity index is 2.25. The van der Waals surface area contributed by atoms with E-state index in [1.54, 1.807) is 0 Å². The maximum atomic E-state index is 11.1. The lowest BCUT2D eigenvalue weighted by atomic mass is 10.1. The first-order valence-corrected chi connectivity index (χ1v) is 6.50. The highest BCUT2D eigenvalue weighted by Crippen LogP contribution is 2.14. The molecule has 8 nitrogen and oxygen atoms in total. The Bertz CT molecular complexity index is 659. The average molecular weight is 293 g/mol. The van der Waals surface area contributed by atoms with Crippen molar-refractivity contribution in [3.8, 4) is 0 Å². The smallest absolute Gasteiger partial charge is 0.371 e. The molecule has 0 bridgehead atoms. The van der Waals surface area contributed by atoms with Gasteiger partial charge in [0.15, 0.2) is 5.69 Å². The molecule has 0 spiro atoms. The third kappa shape index (κ3) is 3.28. The number of aromatic carboxylic acids is 2. The topological polar surface area (TPSA) is 118 Å². The molecule has 0 aromatic carbocycles. The van der Waals surface area contributed by atoms with Crippen LogP contribution in [-0.4, -0.2) is 37.1 Å². The number of unbranched alkanes of at least 4 members (excludes halogenated alkanes) is 1. The first kappa shape index (κ1) is 14.8. The van der Waals surface area contributed by atoms with E-state index in [1.165, 1.54) is 16.8 Å². The lowest BCUT2D eigenvalue weighted by molar-refractivity contribution is 0.0657. The number of carboxylic acids is 2. The van der Waals surface area contributed by atoms with Gasteiger partial charge in [-0.05, 0) is 25.0 Å². The van der Waals surface area contributed by atoms with E-state index >= 15 is 0 Å². The quantitative estimate of drug-likeness (QED) is 0.796. The van der Waals surface area contributed by atoms with Crippen LogP contribution in [0.4, 0.5) is 0 Å². The zero-order valence-corrected chi connectivity index (χ0v) is 11.4. The summed E-state index contributed by atoms with van der Waals surface area (Å²) in [7, 11) is 0. The second-order valence-corrected chi connectivity index (χ2v) is 4.52. The van der Waals surface area contributed by atoms with Crippen molar-refractivity contribution in [2.24, 2.45) is 0 Å². The minimum Gasteiger partial charge on any atom is -0.476 e. The van der Waals surface area contributed by atoms with Crippen LogP contribution < -0.4 is 0 Å². The molecule has 2 aromatic rings. The second kappa shape index (κ2) is 6.21. The molecule has 2 aromatic heterocycles. The van der Waals surface area contributed by atoms with E-state index in [1.807, 2.05) is 6.92 Å². The Labute approximate surface area is 120 Å². The molecule has 112 valence electrons. The molecule has 0 aliphatic heterocycles. The summed E-state index contributed by atoms with van der Waals surface area (Å²) in [6.45, 7) is 2.15. The largest absolute Gasteiger partial charge is 0.476 e. The van der Waals surface area contributed by atoms with E-state index < -0.39 is 11.9 Å². The summed E-state index contributed by atoms with van der Waals surface area (Å²) >= 11 is 0. The number of carbonyl (C=O) groups is 2. The predicted molar refractivity (Wildman–Crippen MR) is 70.4 cm³/mol. The van der Waals surface area contributed by atoms with Gasteiger partial charge in [0.1, 0.15) is 12.3 Å². The fraction of sp³-hybridized carbons (Fsp3) is 0.385. The number of hydrogen-bond acceptors (Lipinski definition) is 5. The van der Waals surface area contributed by atoms with E-state index in [9.17, 15) is 9.59 Å². The van der Waals surface area contributed by atoms with Crippen molar-refractivity contribution in [2.75, 3.05) is 0 Å². The number of rotatable bonds is 7. The molecule has 2 heterocycles. The molecule has 0 saturated carbocycles. The van der Waals surface area contributed by atoms with Crippen LogP contribution in [0.3, 0.4) is 0 Å². The van der Waals surface area contributed by atoms with Crippen molar-refractivity contribution in [3.05, 3.63) is 35.0 Å². The van der Waals surface area contributed by atoms with Gasteiger partial charge in [0, 0.05) is 0 Å². The molecular formula is C13H15N3O5. The van der Waals surface area contributed by atoms with Crippen LogP contribution in [-0.2, 0) is 13.0 Å². The summed E-state index contributed by atoms with van der Waals surface area (Å²) in [6, 6.07) is 2.87. The molecule has 2 N–H and O–H groups in total. The lowest BCUT2D eigenvalue weighted by Crippen LogP contribution is -2.09. The van der Waals surface area contributed by atoms with Gasteiger partial charge in [0.2, 0.25) is 5.76 Å². The van der Waals surface area contributed by atoms with Crippen molar-refractivity contribution in [1.82, 2.24) is 15.0 Å². The van der Waals surface area contributed by atoms with E-state index in [0.29, 0.717) is 17.9 Å². The minimum atomic E-state index is -1.16. The minimum absolute atomic E-state index is 0.0755. The van der Waals surface area contributed by atoms with Gasteiger partial charge in [0.05, 0.1) is 5.69 Å². The van der Waals surface area contributed by atoms with Crippen molar-refractivity contribution in [1.29, 1.82) is 0 Å². The maximum absolute atomic E-state index is 11.1. The Morgan fingerprint density at radius 3 is 2.62 bits per heavy atom. The summed E-state index contributed by atoms with van der Waals surface area (Å²) in [6.07, 6.45) is 2.26. The molecule has 0 aliphatic rings. The predicted octanol–water partition coefficient (Wildman–Crippen LogP) is 1.66. The number of aromatic nitrogens is 3. The Hall–Kier alpha value is -2.64. The van der Waals surface area contributed by atoms with Gasteiger partial charge in [0.25, 0.3) is 0 Å². The molecule has 0 saturated heterocycles. The summed E-state index contributed by atoms with van der Waals surface area (Å²) in [5, 5.41) is 25.4. The van der Waals surface area contributed by atoms with Crippen LogP contribution in [0.15, 0.2) is 16.5 Å². The van der Waals surface area contributed by atoms with Crippen LogP contribution in [0.2, 0.25) is 0 Å². The van der Waals surface area contributed by atoms with Crippen molar-refractivity contribution >= 4 is 11.9 Å². The highest BCUT2D eigenvalue weighted by Gasteiger charge is 2.19. The molecule has 21 heavy (non-hydrogen) atoms. The maximum Gasteiger partial charge on any atom is 0.371 e. The highest BCUT2D eigenvalue weighted by molar-refractivity contribution is 5.86. The second-order valence-electron chi connectivity index (χ2n) is 4.52. The van der Waals surface area contributed by atoms with Crippen LogP contribution in [0.25, 0.3) is 0 Å². The number of carboxylic acid groups (broad SMARTS) is 2. The lowest BCUT2D eigenvalue weighted by Gasteiger charge is -2.04. The molecule has 0 amide bonds. The van der Waals surface area contributed by atoms with Crippen LogP contribution in [0.5, 0.6) is 0 Å². The van der Waals surface area contributed by atoms with E-state index in [4.69, 9.17) is 14.6 Å². The van der Waals surface area contributed by atoms with Gasteiger partial charge in [-0.25, -0.2) is 14.3 Å². The molecule has 0 radical (unpaired) electrons. The molecule has 0 aliphatic carbocycles. The Kier molecular flexibility index (Phi) is 4.36. The summed E-state index contributed by atoms with van der Waals surface area (Å²) in [4.78, 5) is 21.9. The summed E-state index contributed by atoms with van der Waals surface area (Å²) in [5.74, 6) is -2.07. The van der Waals surface area contributed by atoms with E-state index in [0.717, 1.165) is 12.8 Å². The van der Waals surface area contributed by atoms with Gasteiger partial charge in [-0.3, -0.25) is 0 Å². The number of furan rings is 1. The first-order chi connectivity index (χ1) is 10.0. The van der Waals surface area contributed by atoms with Gasteiger partial charge < -0.3 is 14.6 Å². The molecular weight excluding hydrogens is 278 g/mol. The van der Waals surface area contributed by atoms with Crippen molar-refractivity contribution in [2.45, 2.75) is 32.7 Å². The highest BCUT2D eigenvalue weighted by atomic mass is 16.4. The van der Waals surface area contributed by atoms with Gasteiger partial charge in [-0.15, -0.1) is 5.10 Å². The standard InChI is InChI=1S/C13H15N3O5/c1-2-3-4-9-11(13(19)20)14-15-16(9)7-8-5-6-10(21-8)12(17)18/h5-6H,2-4,7H2,1H3,(H,17,18)(H,19,20). The van der Waals surface area contributed by atoms with Gasteiger partial charge >= 0.3 is 11.9 Å². The normalized spacial score (nSPS) is 10.7. The van der Waals surface area contributed by atoms with E-state index in [-0.39, 0.29) is 18.0 Å². The molecule has 0 fully saturated rings. The SMILES string of the molecule is CCCCc1c(C(=O)O)nnn1Cc1ccc(C(=O)O)o1. The van der Waals surface area contributed by atoms with E-state index in [2.05, 4.69) is 10.3 Å². The van der Waals surface area contributed by atoms with Crippen LogP contribution >= 0.6 is 0 Å². The van der Waals surface area contributed by atoms with Gasteiger partial charge in [-0.1, -0.05) is 18.6 Å². The van der Waals surface area contributed by atoms with Crippen molar-refractivity contribution < 1.29 is 24.2 Å². The summed E-state index contributed by atoms with van der Waals surface area (Å²) < 4.78 is 6.58. The first-order valence-electron chi connectivity index (χ1n) is 6.50. The third-order valence-corrected chi connectivity index (χ3v) is 2.99. The van der Waals surface area contributed by atoms with Crippen molar-refractivity contribution in [3.63, 3.8) is 0 Å². The molecule has 0 unspecified atom stereocenters. The summed E-state index contributed by atoms with van der Waals surface area (Å²) in [5.41, 5.74) is 0.436. The Morgan fingerprint density at radius 1 is 1.29 bits per heavy atom. The third-order valence-electron chi connectivity index (χ3n) is 2.99. The molecule has 0 atom stereocenters. The van der Waals surface area contributed by atoms with Crippen LogP contribution in [0.1, 0.15) is 52.3 Å². The number of nitrogens with zero attached hydrogens (tertiary/aromatic N) is 3. The Morgan fingerprint density at radius 2 is 2.05 bits per heavy atom. The zero-order valence-electron chi connectivity index (χ0n) is 11.4. The number of hydrogen-bond donors (Lipinski definition) is 2. The zero-order chi connectivity index (χ0) is 15.4.